The number of ketones is 1. The van der Waals surface area contributed by atoms with E-state index in [1.54, 1.807) is 20.8 Å². The number of ether oxygens (including phenoxy) is 2. The molecule has 2 saturated heterocycles. The molecule has 2 fully saturated rings. The van der Waals surface area contributed by atoms with Crippen LogP contribution in [-0.2, 0) is 25.7 Å². The number of aliphatic hydroxyl groups excluding tert-OH is 2. The smallest absolute Gasteiger partial charge is 0.309 e. The Morgan fingerprint density at radius 2 is 1.92 bits per heavy atom. The minimum Gasteiger partial charge on any atom is -0.457 e. The van der Waals surface area contributed by atoms with Gasteiger partial charge in [-0.25, -0.2) is 9.37 Å². The van der Waals surface area contributed by atoms with Crippen LogP contribution in [-0.4, -0.2) is 50.9 Å². The highest BCUT2D eigenvalue weighted by molar-refractivity contribution is 7.18. The van der Waals surface area contributed by atoms with E-state index in [1.807, 2.05) is 32.0 Å². The molecule has 2 aromatic rings. The van der Waals surface area contributed by atoms with Gasteiger partial charge >= 0.3 is 5.97 Å². The molecule has 2 N–H and O–H groups in total. The fraction of sp³-hybridized carbons (Fsp3) is 0.679. The van der Waals surface area contributed by atoms with Gasteiger partial charge in [-0.2, -0.15) is 0 Å². The molecule has 0 amide bonds. The fourth-order valence-corrected chi connectivity index (χ4v) is 6.27. The third-order valence-corrected chi connectivity index (χ3v) is 9.35. The summed E-state index contributed by atoms with van der Waals surface area (Å²) >= 11 is 1.29. The molecule has 1 aromatic heterocycles. The fourth-order valence-electron chi connectivity index (χ4n) is 5.47. The summed E-state index contributed by atoms with van der Waals surface area (Å²) in [7, 11) is 0. The van der Waals surface area contributed by atoms with Gasteiger partial charge in [0.25, 0.3) is 0 Å². The zero-order chi connectivity index (χ0) is 27.1. The average molecular weight is 536 g/mol. The van der Waals surface area contributed by atoms with Crippen LogP contribution in [0.1, 0.15) is 83.4 Å². The number of benzene rings is 1. The number of rotatable bonds is 2. The molecular formula is C28H38FNO6S. The van der Waals surface area contributed by atoms with Crippen LogP contribution < -0.4 is 0 Å². The Hall–Kier alpha value is -1.94. The molecule has 0 radical (unpaired) electrons. The number of hydrogen-bond donors (Lipinski definition) is 2. The third kappa shape index (κ3) is 5.90. The van der Waals surface area contributed by atoms with Crippen LogP contribution in [0.4, 0.5) is 4.39 Å². The number of thiazole rings is 1. The summed E-state index contributed by atoms with van der Waals surface area (Å²) in [5, 5.41) is 22.1. The SMILES string of the molecule is CC1CCCC2(C)OC2CC(c2ccc3sc(CF)nc3c2)OC(=O)CC(O)C(C)(C)C(=O)C(C)C1O. The molecule has 4 rings (SSSR count). The molecule has 204 valence electrons. The molecule has 7 atom stereocenters. The Morgan fingerprint density at radius 3 is 2.62 bits per heavy atom. The summed E-state index contributed by atoms with van der Waals surface area (Å²) in [5.41, 5.74) is -0.231. The van der Waals surface area contributed by atoms with Crippen molar-refractivity contribution in [2.75, 3.05) is 0 Å². The molecule has 0 bridgehead atoms. The number of Topliss-reactive ketones (excluding diaryl/α,β-unsaturated/α-hetero) is 1. The van der Waals surface area contributed by atoms with Crippen LogP contribution in [0.2, 0.25) is 0 Å². The maximum atomic E-state index is 13.3. The first-order valence-electron chi connectivity index (χ1n) is 13.1. The quantitative estimate of drug-likeness (QED) is 0.409. The van der Waals surface area contributed by atoms with Gasteiger partial charge in [0, 0.05) is 12.3 Å². The van der Waals surface area contributed by atoms with E-state index in [-0.39, 0.29) is 29.8 Å². The van der Waals surface area contributed by atoms with Crippen molar-refractivity contribution >= 4 is 33.3 Å². The van der Waals surface area contributed by atoms with Crippen LogP contribution in [0, 0.1) is 17.3 Å². The number of epoxide rings is 1. The Labute approximate surface area is 221 Å². The van der Waals surface area contributed by atoms with Crippen LogP contribution in [0.3, 0.4) is 0 Å². The Balaban J connectivity index is 1.62. The molecule has 7 nitrogen and oxygen atoms in total. The molecule has 3 heterocycles. The minimum absolute atomic E-state index is 0.0997. The molecule has 7 unspecified atom stereocenters. The second kappa shape index (κ2) is 10.7. The van der Waals surface area contributed by atoms with Crippen molar-refractivity contribution in [2.24, 2.45) is 17.3 Å². The number of esters is 1. The van der Waals surface area contributed by atoms with Crippen LogP contribution in [0.5, 0.6) is 0 Å². The molecule has 2 aliphatic heterocycles. The Bertz CT molecular complexity index is 1150. The molecule has 9 heteroatoms. The summed E-state index contributed by atoms with van der Waals surface area (Å²) in [6.45, 7) is 8.22. The summed E-state index contributed by atoms with van der Waals surface area (Å²) in [5.74, 6) is -1.70. The van der Waals surface area contributed by atoms with Gasteiger partial charge < -0.3 is 19.7 Å². The van der Waals surface area contributed by atoms with Crippen molar-refractivity contribution < 1.29 is 33.7 Å². The maximum Gasteiger partial charge on any atom is 0.309 e. The predicted molar refractivity (Wildman–Crippen MR) is 139 cm³/mol. The zero-order valence-electron chi connectivity index (χ0n) is 22.2. The van der Waals surface area contributed by atoms with Crippen LogP contribution in [0.25, 0.3) is 10.2 Å². The topological polar surface area (TPSA) is 109 Å². The van der Waals surface area contributed by atoms with Gasteiger partial charge in [-0.1, -0.05) is 40.2 Å². The van der Waals surface area contributed by atoms with Gasteiger partial charge in [-0.05, 0) is 43.4 Å². The van der Waals surface area contributed by atoms with E-state index in [4.69, 9.17) is 9.47 Å². The van der Waals surface area contributed by atoms with Crippen molar-refractivity contribution in [3.05, 3.63) is 28.8 Å². The van der Waals surface area contributed by atoms with Crippen LogP contribution in [0.15, 0.2) is 18.2 Å². The molecular weight excluding hydrogens is 497 g/mol. The molecule has 2 aliphatic rings. The van der Waals surface area contributed by atoms with E-state index in [0.29, 0.717) is 16.9 Å². The summed E-state index contributed by atoms with van der Waals surface area (Å²) < 4.78 is 25.9. The van der Waals surface area contributed by atoms with E-state index < -0.39 is 42.3 Å². The highest BCUT2D eigenvalue weighted by atomic mass is 32.1. The van der Waals surface area contributed by atoms with Gasteiger partial charge in [0.15, 0.2) is 0 Å². The summed E-state index contributed by atoms with van der Waals surface area (Å²) in [6, 6.07) is 5.52. The minimum atomic E-state index is -1.28. The van der Waals surface area contributed by atoms with E-state index in [2.05, 4.69) is 4.98 Å². The number of nitrogens with zero attached hydrogens (tertiary/aromatic N) is 1. The standard InChI is InChI=1S/C28H38FNO6S/c1-15-7-6-10-28(5)22(36-28)12-19(17-8-9-20-18(11-17)30-23(14-29)37-20)35-24(32)13-21(31)27(3,4)26(34)16(2)25(15)33/h8-9,11,15-16,19,21-22,25,31,33H,6-7,10,12-14H2,1-5H3. The second-order valence-electron chi connectivity index (χ2n) is 11.6. The highest BCUT2D eigenvalue weighted by Gasteiger charge is 2.53. The Morgan fingerprint density at radius 1 is 1.19 bits per heavy atom. The van der Waals surface area contributed by atoms with Crippen molar-refractivity contribution in [1.29, 1.82) is 0 Å². The van der Waals surface area contributed by atoms with Gasteiger partial charge in [-0.15, -0.1) is 11.3 Å². The number of carbonyl (C=O) groups is 2. The van der Waals surface area contributed by atoms with Gasteiger partial charge in [-0.3, -0.25) is 9.59 Å². The lowest BCUT2D eigenvalue weighted by molar-refractivity contribution is -0.156. The molecule has 37 heavy (non-hydrogen) atoms. The van der Waals surface area contributed by atoms with Gasteiger partial charge in [0.1, 0.15) is 23.6 Å². The normalized spacial score (nSPS) is 35.7. The number of fused-ring (bicyclic) bond motifs is 2. The number of hydrogen-bond acceptors (Lipinski definition) is 8. The van der Waals surface area contributed by atoms with Crippen molar-refractivity contribution in [2.45, 2.75) is 103 Å². The molecule has 0 aliphatic carbocycles. The molecule has 0 spiro atoms. The van der Waals surface area contributed by atoms with E-state index in [1.165, 1.54) is 11.3 Å². The summed E-state index contributed by atoms with van der Waals surface area (Å²) in [6.07, 6.45) is -0.462. The lowest BCUT2D eigenvalue weighted by Crippen LogP contribution is -2.45. The monoisotopic (exact) mass is 535 g/mol. The molecule has 0 saturated carbocycles. The van der Waals surface area contributed by atoms with E-state index >= 15 is 0 Å². The van der Waals surface area contributed by atoms with Gasteiger partial charge in [0.2, 0.25) is 0 Å². The first kappa shape index (κ1) is 28.1. The first-order chi connectivity index (χ1) is 17.4. The maximum absolute atomic E-state index is 13.3. The van der Waals surface area contributed by atoms with E-state index in [9.17, 15) is 24.2 Å². The number of aromatic nitrogens is 1. The number of cyclic esters (lactones) is 1. The average Bonchev–Trinajstić information content (AvgIpc) is 3.29. The lowest BCUT2D eigenvalue weighted by Gasteiger charge is -2.34. The van der Waals surface area contributed by atoms with Crippen molar-refractivity contribution in [3.63, 3.8) is 0 Å². The number of alkyl halides is 1. The first-order valence-corrected chi connectivity index (χ1v) is 13.9. The second-order valence-corrected chi connectivity index (χ2v) is 12.7. The lowest BCUT2D eigenvalue weighted by atomic mass is 9.73. The number of aliphatic hydroxyl groups is 2. The van der Waals surface area contributed by atoms with E-state index in [0.717, 1.165) is 29.5 Å². The predicted octanol–water partition coefficient (Wildman–Crippen LogP) is 5.06. The highest BCUT2D eigenvalue weighted by Crippen LogP contribution is 2.47. The third-order valence-electron chi connectivity index (χ3n) is 8.35. The number of carbonyl (C=O) groups excluding carboxylic acids is 2. The zero-order valence-corrected chi connectivity index (χ0v) is 23.0. The van der Waals surface area contributed by atoms with Gasteiger partial charge in [0.05, 0.1) is 46.0 Å². The number of halogens is 1. The summed E-state index contributed by atoms with van der Waals surface area (Å²) in [4.78, 5) is 30.6. The molecule has 1 aromatic carbocycles. The Kier molecular flexibility index (Phi) is 8.10. The van der Waals surface area contributed by atoms with Crippen LogP contribution >= 0.6 is 11.3 Å². The van der Waals surface area contributed by atoms with Crippen molar-refractivity contribution in [1.82, 2.24) is 4.98 Å². The largest absolute Gasteiger partial charge is 0.457 e. The van der Waals surface area contributed by atoms with Crippen molar-refractivity contribution in [3.8, 4) is 0 Å².